The number of aliphatic hydroxyl groups excluding tert-OH is 2. The average molecular weight is 186 g/mol. The molecule has 2 atom stereocenters. The molecule has 2 N–H and O–H groups in total. The first kappa shape index (κ1) is 12.3. The smallest absolute Gasteiger partial charge is 0.155 e. The lowest BCUT2D eigenvalue weighted by Crippen LogP contribution is -2.24. The molecule has 0 aliphatic heterocycles. The summed E-state index contributed by atoms with van der Waals surface area (Å²) in [6.07, 6.45) is 2.94. The predicted octanol–water partition coefficient (Wildman–Crippen LogP) is 1.04. The van der Waals surface area contributed by atoms with Gasteiger partial charge in [-0.25, -0.2) is 0 Å². The third kappa shape index (κ3) is 5.55. The van der Waals surface area contributed by atoms with Crippen LogP contribution < -0.4 is 0 Å². The third-order valence-electron chi connectivity index (χ3n) is 1.89. The van der Waals surface area contributed by atoms with E-state index < -0.39 is 12.2 Å². The zero-order chi connectivity index (χ0) is 10.3. The Morgan fingerprint density at radius 2 is 1.92 bits per heavy atom. The van der Waals surface area contributed by atoms with E-state index in [4.69, 9.17) is 0 Å². The fourth-order valence-corrected chi connectivity index (χ4v) is 0.886. The van der Waals surface area contributed by atoms with E-state index in [-0.39, 0.29) is 5.78 Å². The van der Waals surface area contributed by atoms with Crippen LogP contribution in [0.2, 0.25) is 0 Å². The average Bonchev–Trinajstić information content (AvgIpc) is 2.15. The second-order valence-corrected chi connectivity index (χ2v) is 3.00. The van der Waals surface area contributed by atoms with Gasteiger partial charge < -0.3 is 10.2 Å². The standard InChI is InChI=1S/C10H18O3/c1-3-8(11)6-5-7-10(13)9(12)4-2/h5-6,9-10,12-13H,3-4,7H2,1-2H3/b6-5+/t9-,10?/m1/s1. The van der Waals surface area contributed by atoms with Gasteiger partial charge in [0.05, 0.1) is 12.2 Å². The monoisotopic (exact) mass is 186 g/mol. The zero-order valence-electron chi connectivity index (χ0n) is 8.23. The van der Waals surface area contributed by atoms with Crippen molar-refractivity contribution in [2.45, 2.75) is 45.3 Å². The number of ketones is 1. The number of hydrogen-bond acceptors (Lipinski definition) is 3. The highest BCUT2D eigenvalue weighted by Gasteiger charge is 2.11. The molecule has 0 aromatic heterocycles. The lowest BCUT2D eigenvalue weighted by molar-refractivity contribution is -0.114. The van der Waals surface area contributed by atoms with E-state index >= 15 is 0 Å². The summed E-state index contributed by atoms with van der Waals surface area (Å²) < 4.78 is 0. The Hall–Kier alpha value is -0.670. The van der Waals surface area contributed by atoms with Crippen LogP contribution in [0.1, 0.15) is 33.1 Å². The summed E-state index contributed by atoms with van der Waals surface area (Å²) >= 11 is 0. The fourth-order valence-electron chi connectivity index (χ4n) is 0.886. The van der Waals surface area contributed by atoms with Crippen LogP contribution in [-0.4, -0.2) is 28.2 Å². The first-order valence-corrected chi connectivity index (χ1v) is 4.67. The SMILES string of the molecule is CCC(=O)/C=C/CC(O)[C@H](O)CC. The molecule has 13 heavy (non-hydrogen) atoms. The third-order valence-corrected chi connectivity index (χ3v) is 1.89. The summed E-state index contributed by atoms with van der Waals surface area (Å²) in [6.45, 7) is 3.58. The fraction of sp³-hybridized carbons (Fsp3) is 0.700. The number of aliphatic hydroxyl groups is 2. The van der Waals surface area contributed by atoms with Gasteiger partial charge in [0, 0.05) is 6.42 Å². The Kier molecular flexibility index (Phi) is 6.45. The van der Waals surface area contributed by atoms with Gasteiger partial charge in [0.25, 0.3) is 0 Å². The van der Waals surface area contributed by atoms with E-state index in [9.17, 15) is 15.0 Å². The van der Waals surface area contributed by atoms with Crippen molar-refractivity contribution in [3.63, 3.8) is 0 Å². The Balaban J connectivity index is 3.74. The number of allylic oxidation sites excluding steroid dienone is 1. The van der Waals surface area contributed by atoms with Crippen LogP contribution in [0.15, 0.2) is 12.2 Å². The topological polar surface area (TPSA) is 57.5 Å². The summed E-state index contributed by atoms with van der Waals surface area (Å²) in [4.78, 5) is 10.8. The molecule has 0 aliphatic rings. The number of carbonyl (C=O) groups is 1. The maximum absolute atomic E-state index is 10.8. The molecule has 3 nitrogen and oxygen atoms in total. The van der Waals surface area contributed by atoms with E-state index in [0.717, 1.165) is 0 Å². The van der Waals surface area contributed by atoms with Crippen LogP contribution in [0.3, 0.4) is 0 Å². The number of carbonyl (C=O) groups excluding carboxylic acids is 1. The summed E-state index contributed by atoms with van der Waals surface area (Å²) in [5.74, 6) is 0.0400. The Bertz CT molecular complexity index is 175. The van der Waals surface area contributed by atoms with Gasteiger partial charge in [-0.05, 0) is 18.9 Å². The Labute approximate surface area is 79.1 Å². The minimum atomic E-state index is -0.758. The molecule has 76 valence electrons. The van der Waals surface area contributed by atoms with Crippen molar-refractivity contribution in [1.82, 2.24) is 0 Å². The number of rotatable bonds is 6. The molecule has 0 fully saturated rings. The summed E-state index contributed by atoms with van der Waals surface area (Å²) in [5.41, 5.74) is 0. The van der Waals surface area contributed by atoms with E-state index in [1.54, 1.807) is 19.9 Å². The Morgan fingerprint density at radius 1 is 1.31 bits per heavy atom. The van der Waals surface area contributed by atoms with Gasteiger partial charge in [-0.15, -0.1) is 0 Å². The van der Waals surface area contributed by atoms with Crippen molar-refractivity contribution in [2.24, 2.45) is 0 Å². The van der Waals surface area contributed by atoms with E-state index in [1.165, 1.54) is 6.08 Å². The second kappa shape index (κ2) is 6.80. The molecule has 0 saturated carbocycles. The maximum Gasteiger partial charge on any atom is 0.155 e. The molecular formula is C10H18O3. The molecule has 0 radical (unpaired) electrons. The van der Waals surface area contributed by atoms with Crippen LogP contribution in [0, 0.1) is 0 Å². The molecule has 0 saturated heterocycles. The van der Waals surface area contributed by atoms with Gasteiger partial charge in [-0.1, -0.05) is 19.9 Å². The molecule has 0 aliphatic carbocycles. The van der Waals surface area contributed by atoms with Gasteiger partial charge in [0.15, 0.2) is 5.78 Å². The molecular weight excluding hydrogens is 168 g/mol. The minimum Gasteiger partial charge on any atom is -0.390 e. The summed E-state index contributed by atoms with van der Waals surface area (Å²) in [5, 5.41) is 18.5. The predicted molar refractivity (Wildman–Crippen MR) is 51.4 cm³/mol. The summed E-state index contributed by atoms with van der Waals surface area (Å²) in [6, 6.07) is 0. The lowest BCUT2D eigenvalue weighted by atomic mass is 10.1. The highest BCUT2D eigenvalue weighted by molar-refractivity contribution is 5.89. The van der Waals surface area contributed by atoms with Crippen LogP contribution in [0.25, 0.3) is 0 Å². The first-order valence-electron chi connectivity index (χ1n) is 4.67. The quantitative estimate of drug-likeness (QED) is 0.609. The molecule has 0 aromatic carbocycles. The molecule has 1 unspecified atom stereocenters. The van der Waals surface area contributed by atoms with E-state index in [1.807, 2.05) is 0 Å². The summed E-state index contributed by atoms with van der Waals surface area (Å²) in [7, 11) is 0. The zero-order valence-corrected chi connectivity index (χ0v) is 8.23. The molecule has 0 spiro atoms. The van der Waals surface area contributed by atoms with Crippen molar-refractivity contribution in [3.8, 4) is 0 Å². The van der Waals surface area contributed by atoms with Crippen LogP contribution in [-0.2, 0) is 4.79 Å². The molecule has 0 rings (SSSR count). The molecule has 0 amide bonds. The molecule has 3 heteroatoms. The molecule has 0 aromatic rings. The van der Waals surface area contributed by atoms with Gasteiger partial charge in [-0.3, -0.25) is 4.79 Å². The van der Waals surface area contributed by atoms with Gasteiger partial charge in [0.2, 0.25) is 0 Å². The largest absolute Gasteiger partial charge is 0.390 e. The van der Waals surface area contributed by atoms with Crippen LogP contribution >= 0.6 is 0 Å². The molecule has 0 heterocycles. The van der Waals surface area contributed by atoms with Gasteiger partial charge >= 0.3 is 0 Å². The maximum atomic E-state index is 10.8. The van der Waals surface area contributed by atoms with E-state index in [0.29, 0.717) is 19.3 Å². The van der Waals surface area contributed by atoms with Gasteiger partial charge in [0.1, 0.15) is 0 Å². The highest BCUT2D eigenvalue weighted by atomic mass is 16.3. The van der Waals surface area contributed by atoms with Crippen LogP contribution in [0.4, 0.5) is 0 Å². The van der Waals surface area contributed by atoms with Crippen molar-refractivity contribution in [3.05, 3.63) is 12.2 Å². The lowest BCUT2D eigenvalue weighted by Gasteiger charge is -2.13. The number of hydrogen-bond donors (Lipinski definition) is 2. The van der Waals surface area contributed by atoms with Crippen molar-refractivity contribution < 1.29 is 15.0 Å². The van der Waals surface area contributed by atoms with Crippen molar-refractivity contribution in [2.75, 3.05) is 0 Å². The molecule has 0 bridgehead atoms. The minimum absolute atomic E-state index is 0.0400. The van der Waals surface area contributed by atoms with Crippen molar-refractivity contribution in [1.29, 1.82) is 0 Å². The Morgan fingerprint density at radius 3 is 2.38 bits per heavy atom. The second-order valence-electron chi connectivity index (χ2n) is 3.00. The van der Waals surface area contributed by atoms with Gasteiger partial charge in [-0.2, -0.15) is 0 Å². The highest BCUT2D eigenvalue weighted by Crippen LogP contribution is 2.03. The van der Waals surface area contributed by atoms with Crippen LogP contribution in [0.5, 0.6) is 0 Å². The van der Waals surface area contributed by atoms with E-state index in [2.05, 4.69) is 0 Å². The first-order chi connectivity index (χ1) is 6.11. The van der Waals surface area contributed by atoms with Crippen molar-refractivity contribution >= 4 is 5.78 Å². The normalized spacial score (nSPS) is 16.0.